The topological polar surface area (TPSA) is 46.6 Å². The van der Waals surface area contributed by atoms with Crippen LogP contribution in [0, 0.1) is 0 Å². The van der Waals surface area contributed by atoms with Crippen molar-refractivity contribution in [2.45, 2.75) is 96.9 Å². The number of hydrogen-bond acceptors (Lipinski definition) is 2. The third-order valence-electron chi connectivity index (χ3n) is 7.72. The molecule has 0 bridgehead atoms. The lowest BCUT2D eigenvalue weighted by Gasteiger charge is -2.13. The SMILES string of the molecule is CCCCCCCCCCCCCCOc1ccccc1CC(=O)Nc1ccccc1C[n+]1cc2ccccn2c1.[Br-]. The monoisotopic (exact) mass is 633 g/mol. The fourth-order valence-electron chi connectivity index (χ4n) is 5.39. The maximum absolute atomic E-state index is 13.1. The Morgan fingerprint density at radius 2 is 1.38 bits per heavy atom. The van der Waals surface area contributed by atoms with Crippen molar-refractivity contribution in [1.29, 1.82) is 0 Å². The summed E-state index contributed by atoms with van der Waals surface area (Å²) in [7, 11) is 0. The normalized spacial score (nSPS) is 10.9. The maximum Gasteiger partial charge on any atom is 0.249 e. The van der Waals surface area contributed by atoms with E-state index in [1.807, 2.05) is 60.8 Å². The second kappa shape index (κ2) is 19.1. The van der Waals surface area contributed by atoms with E-state index in [1.165, 1.54) is 70.6 Å². The van der Waals surface area contributed by atoms with Crippen LogP contribution in [0.4, 0.5) is 5.69 Å². The lowest BCUT2D eigenvalue weighted by molar-refractivity contribution is -0.686. The highest BCUT2D eigenvalue weighted by Crippen LogP contribution is 2.21. The van der Waals surface area contributed by atoms with Gasteiger partial charge in [-0.05, 0) is 30.7 Å². The van der Waals surface area contributed by atoms with Crippen LogP contribution in [0.2, 0.25) is 0 Å². The number of hydrogen-bond donors (Lipinski definition) is 1. The van der Waals surface area contributed by atoms with E-state index in [0.29, 0.717) is 13.2 Å². The summed E-state index contributed by atoms with van der Waals surface area (Å²) in [6.07, 6.45) is 22.4. The van der Waals surface area contributed by atoms with E-state index in [-0.39, 0.29) is 29.3 Å². The Labute approximate surface area is 263 Å². The Hall–Kier alpha value is -3.12. The van der Waals surface area contributed by atoms with Gasteiger partial charge in [0, 0.05) is 16.8 Å². The van der Waals surface area contributed by atoms with Crippen LogP contribution in [0.1, 0.15) is 95.1 Å². The number of ether oxygens (including phenoxy) is 1. The van der Waals surface area contributed by atoms with E-state index in [2.05, 4.69) is 45.9 Å². The number of nitrogens with zero attached hydrogens (tertiary/aromatic N) is 2. The summed E-state index contributed by atoms with van der Waals surface area (Å²) < 4.78 is 10.4. The van der Waals surface area contributed by atoms with Gasteiger partial charge in [-0.25, -0.2) is 8.97 Å². The van der Waals surface area contributed by atoms with Crippen LogP contribution < -0.4 is 31.6 Å². The molecule has 0 radical (unpaired) electrons. The summed E-state index contributed by atoms with van der Waals surface area (Å²) in [5.41, 5.74) is 3.97. The van der Waals surface area contributed by atoms with E-state index in [9.17, 15) is 4.79 Å². The molecule has 2 aromatic heterocycles. The van der Waals surface area contributed by atoms with Crippen molar-refractivity contribution in [3.8, 4) is 5.75 Å². The first kappa shape index (κ1) is 33.4. The Balaban J connectivity index is 0.00000484. The maximum atomic E-state index is 13.1. The average molecular weight is 635 g/mol. The number of carbonyl (C=O) groups excluding carboxylic acids is 1. The highest BCUT2D eigenvalue weighted by Gasteiger charge is 2.13. The molecule has 2 aromatic carbocycles. The van der Waals surface area contributed by atoms with Gasteiger partial charge >= 0.3 is 0 Å². The van der Waals surface area contributed by atoms with Crippen LogP contribution in [-0.4, -0.2) is 16.9 Å². The highest BCUT2D eigenvalue weighted by molar-refractivity contribution is 5.93. The predicted octanol–water partition coefficient (Wildman–Crippen LogP) is 5.54. The Morgan fingerprint density at radius 1 is 0.762 bits per heavy atom. The second-order valence-electron chi connectivity index (χ2n) is 11.2. The summed E-state index contributed by atoms with van der Waals surface area (Å²) in [6, 6.07) is 22.1. The van der Waals surface area contributed by atoms with Gasteiger partial charge in [0.25, 0.3) is 0 Å². The van der Waals surface area contributed by atoms with Gasteiger partial charge in [-0.1, -0.05) is 120 Å². The molecule has 2 heterocycles. The highest BCUT2D eigenvalue weighted by atomic mass is 79.9. The van der Waals surface area contributed by atoms with Crippen molar-refractivity contribution < 1.29 is 31.1 Å². The number of nitrogens with one attached hydrogen (secondary N) is 1. The summed E-state index contributed by atoms with van der Waals surface area (Å²) >= 11 is 0. The van der Waals surface area contributed by atoms with Gasteiger partial charge in [0.2, 0.25) is 12.2 Å². The largest absolute Gasteiger partial charge is 1.00 e. The fraction of sp³-hybridized carbons (Fsp3) is 0.444. The number of rotatable bonds is 19. The zero-order valence-corrected chi connectivity index (χ0v) is 26.9. The van der Waals surface area contributed by atoms with E-state index in [0.717, 1.165) is 34.5 Å². The summed E-state index contributed by atoms with van der Waals surface area (Å²) in [6.45, 7) is 3.65. The minimum Gasteiger partial charge on any atom is -1.00 e. The number of anilines is 1. The van der Waals surface area contributed by atoms with Gasteiger partial charge in [0.05, 0.1) is 19.2 Å². The van der Waals surface area contributed by atoms with Gasteiger partial charge in [-0.2, -0.15) is 0 Å². The smallest absolute Gasteiger partial charge is 0.249 e. The number of benzene rings is 2. The Morgan fingerprint density at radius 3 is 2.10 bits per heavy atom. The number of aromatic nitrogens is 2. The van der Waals surface area contributed by atoms with E-state index >= 15 is 0 Å². The lowest BCUT2D eigenvalue weighted by Crippen LogP contribution is -3.00. The molecule has 226 valence electrons. The van der Waals surface area contributed by atoms with Crippen LogP contribution in [0.15, 0.2) is 85.5 Å². The Kier molecular flexibility index (Phi) is 15.2. The van der Waals surface area contributed by atoms with Crippen LogP contribution in [0.3, 0.4) is 0 Å². The molecule has 42 heavy (non-hydrogen) atoms. The van der Waals surface area contributed by atoms with Crippen molar-refractivity contribution in [2.24, 2.45) is 0 Å². The third kappa shape index (κ3) is 11.3. The minimum atomic E-state index is -0.0362. The lowest BCUT2D eigenvalue weighted by atomic mass is 10.1. The number of halogens is 1. The van der Waals surface area contributed by atoms with Gasteiger partial charge in [0.1, 0.15) is 18.5 Å². The number of carbonyl (C=O) groups is 1. The van der Waals surface area contributed by atoms with Gasteiger partial charge in [-0.3, -0.25) is 4.79 Å². The first-order chi connectivity index (χ1) is 20.2. The molecule has 0 fully saturated rings. The number of fused-ring (bicyclic) bond motifs is 1. The van der Waals surface area contributed by atoms with Gasteiger partial charge in [-0.15, -0.1) is 0 Å². The second-order valence-corrected chi connectivity index (χ2v) is 11.2. The van der Waals surface area contributed by atoms with Crippen LogP contribution >= 0.6 is 0 Å². The summed E-state index contributed by atoms with van der Waals surface area (Å²) in [5.74, 6) is 0.779. The molecule has 0 aliphatic carbocycles. The molecular formula is C36H48BrN3O2. The molecule has 0 saturated carbocycles. The third-order valence-corrected chi connectivity index (χ3v) is 7.72. The Bertz CT molecular complexity index is 1300. The van der Waals surface area contributed by atoms with Crippen molar-refractivity contribution >= 4 is 17.1 Å². The molecule has 4 aromatic rings. The van der Waals surface area contributed by atoms with E-state index in [4.69, 9.17) is 4.74 Å². The number of amides is 1. The molecule has 0 atom stereocenters. The molecule has 0 aliphatic rings. The van der Waals surface area contributed by atoms with Crippen LogP contribution in [0.5, 0.6) is 5.75 Å². The standard InChI is InChI=1S/C36H47N3O2.BrH/c1-2-3-4-5-6-7-8-9-10-11-12-19-26-41-35-24-16-14-20-31(35)27-36(40)37-34-23-15-13-21-32(34)28-38-29-33-22-17-18-25-39(33)30-38;/h13-18,20-25,29-30H,2-12,19,26-28H2,1H3;1H. The van der Waals surface area contributed by atoms with Crippen molar-refractivity contribution in [1.82, 2.24) is 4.40 Å². The predicted molar refractivity (Wildman–Crippen MR) is 168 cm³/mol. The zero-order valence-electron chi connectivity index (χ0n) is 25.3. The number of imidazole rings is 1. The molecule has 1 amide bonds. The van der Waals surface area contributed by atoms with Gasteiger partial charge < -0.3 is 27.0 Å². The van der Waals surface area contributed by atoms with Crippen LogP contribution in [0.25, 0.3) is 5.52 Å². The van der Waals surface area contributed by atoms with Crippen LogP contribution in [-0.2, 0) is 17.8 Å². The molecule has 6 heteroatoms. The molecule has 0 aliphatic heterocycles. The molecule has 0 saturated heterocycles. The summed E-state index contributed by atoms with van der Waals surface area (Å²) in [5, 5.41) is 3.14. The number of para-hydroxylation sites is 2. The zero-order chi connectivity index (χ0) is 28.5. The van der Waals surface area contributed by atoms with Gasteiger partial charge in [0.15, 0.2) is 5.52 Å². The van der Waals surface area contributed by atoms with Crippen molar-refractivity contribution in [3.05, 3.63) is 96.6 Å². The van der Waals surface area contributed by atoms with Crippen molar-refractivity contribution in [3.63, 3.8) is 0 Å². The minimum absolute atomic E-state index is 0. The summed E-state index contributed by atoms with van der Waals surface area (Å²) in [4.78, 5) is 13.1. The number of pyridine rings is 1. The molecule has 4 rings (SSSR count). The fourth-order valence-corrected chi connectivity index (χ4v) is 5.39. The quantitative estimate of drug-likeness (QED) is 0.109. The first-order valence-corrected chi connectivity index (χ1v) is 15.8. The molecule has 5 nitrogen and oxygen atoms in total. The number of unbranched alkanes of at least 4 members (excludes halogenated alkanes) is 11. The molecule has 0 spiro atoms. The molecular weight excluding hydrogens is 586 g/mol. The molecule has 1 N–H and O–H groups in total. The average Bonchev–Trinajstić information content (AvgIpc) is 3.40. The van der Waals surface area contributed by atoms with E-state index < -0.39 is 0 Å². The van der Waals surface area contributed by atoms with Crippen molar-refractivity contribution in [2.75, 3.05) is 11.9 Å². The molecule has 0 unspecified atom stereocenters. The first-order valence-electron chi connectivity index (χ1n) is 15.8. The van der Waals surface area contributed by atoms with E-state index in [1.54, 1.807) is 0 Å².